The summed E-state index contributed by atoms with van der Waals surface area (Å²) >= 11 is 0. The van der Waals surface area contributed by atoms with E-state index < -0.39 is 5.60 Å². The summed E-state index contributed by atoms with van der Waals surface area (Å²) in [5, 5.41) is 10.5. The number of likely N-dealkylation sites (tertiary alicyclic amines) is 1. The summed E-state index contributed by atoms with van der Waals surface area (Å²) in [6.07, 6.45) is 1.95. The average molecular weight is 535 g/mol. The molecule has 0 saturated carbocycles. The second-order valence-corrected chi connectivity index (χ2v) is 11.1. The molecule has 0 radical (unpaired) electrons. The number of rotatable bonds is 7. The van der Waals surface area contributed by atoms with Crippen LogP contribution in [0.5, 0.6) is 6.01 Å². The molecule has 2 aliphatic rings. The van der Waals surface area contributed by atoms with Crippen molar-refractivity contribution in [2.75, 3.05) is 50.9 Å². The van der Waals surface area contributed by atoms with Crippen LogP contribution < -0.4 is 9.64 Å². The number of piperidine rings is 1. The number of nitrogens with zero attached hydrogens (tertiary/aromatic N) is 8. The van der Waals surface area contributed by atoms with Crippen LogP contribution in [0.2, 0.25) is 0 Å². The molecule has 1 N–H and O–H groups in total. The molecule has 0 atom stereocenters. The zero-order chi connectivity index (χ0) is 27.1. The number of morpholine rings is 1. The Morgan fingerprint density at radius 1 is 1.03 bits per heavy atom. The molecule has 0 bridgehead atoms. The Balaban J connectivity index is 1.42. The van der Waals surface area contributed by atoms with Crippen LogP contribution in [-0.2, 0) is 18.3 Å². The van der Waals surface area contributed by atoms with E-state index in [1.165, 1.54) is 0 Å². The van der Waals surface area contributed by atoms with Crippen molar-refractivity contribution in [2.45, 2.75) is 45.8 Å². The zero-order valence-corrected chi connectivity index (χ0v) is 23.3. The monoisotopic (exact) mass is 534 g/mol. The Bertz CT molecular complexity index is 1460. The summed E-state index contributed by atoms with van der Waals surface area (Å²) in [6.45, 7) is 11.6. The highest BCUT2D eigenvalue weighted by Crippen LogP contribution is 2.32. The van der Waals surface area contributed by atoms with E-state index in [2.05, 4.69) is 14.4 Å². The molecular formula is C28H38N8O3. The van der Waals surface area contributed by atoms with Gasteiger partial charge in [-0.2, -0.15) is 15.0 Å². The highest BCUT2D eigenvalue weighted by atomic mass is 16.5. The highest BCUT2D eigenvalue weighted by Gasteiger charge is 2.31. The van der Waals surface area contributed by atoms with Gasteiger partial charge in [-0.1, -0.05) is 12.1 Å². The number of ether oxygens (including phenoxy) is 2. The van der Waals surface area contributed by atoms with Crippen molar-refractivity contribution < 1.29 is 14.6 Å². The SMILES string of the molecule is CCOc1nc2ccccc2n1-c1nc(N2CCOCC2)c2nc(CN3CCC(C(C)(C)O)CC3)n(C)c2n1. The number of para-hydroxylation sites is 2. The van der Waals surface area contributed by atoms with Crippen molar-refractivity contribution in [3.8, 4) is 12.0 Å². The molecule has 11 nitrogen and oxygen atoms in total. The lowest BCUT2D eigenvalue weighted by atomic mass is 9.83. The van der Waals surface area contributed by atoms with Gasteiger partial charge >= 0.3 is 6.01 Å². The number of anilines is 1. The van der Waals surface area contributed by atoms with Gasteiger partial charge in [0.2, 0.25) is 5.95 Å². The molecule has 5 heterocycles. The molecule has 2 saturated heterocycles. The third-order valence-electron chi connectivity index (χ3n) is 8.05. The van der Waals surface area contributed by atoms with E-state index >= 15 is 0 Å². The molecule has 208 valence electrons. The first-order valence-electron chi connectivity index (χ1n) is 13.9. The van der Waals surface area contributed by atoms with Crippen molar-refractivity contribution in [2.24, 2.45) is 13.0 Å². The molecule has 39 heavy (non-hydrogen) atoms. The first-order valence-corrected chi connectivity index (χ1v) is 13.9. The van der Waals surface area contributed by atoms with Gasteiger partial charge in [0.1, 0.15) is 5.82 Å². The van der Waals surface area contributed by atoms with Crippen LogP contribution in [0.3, 0.4) is 0 Å². The normalized spacial score (nSPS) is 17.9. The molecule has 2 fully saturated rings. The lowest BCUT2D eigenvalue weighted by Gasteiger charge is -2.37. The zero-order valence-electron chi connectivity index (χ0n) is 23.3. The van der Waals surface area contributed by atoms with Gasteiger partial charge in [0, 0.05) is 20.1 Å². The van der Waals surface area contributed by atoms with E-state index in [9.17, 15) is 5.11 Å². The molecule has 0 amide bonds. The summed E-state index contributed by atoms with van der Waals surface area (Å²) in [5.41, 5.74) is 2.67. The molecule has 6 rings (SSSR count). The Morgan fingerprint density at radius 3 is 2.49 bits per heavy atom. The third kappa shape index (κ3) is 4.94. The van der Waals surface area contributed by atoms with Gasteiger partial charge in [0.15, 0.2) is 17.0 Å². The number of aromatic nitrogens is 6. The van der Waals surface area contributed by atoms with Gasteiger partial charge in [-0.15, -0.1) is 0 Å². The van der Waals surface area contributed by atoms with E-state index in [4.69, 9.17) is 29.4 Å². The maximum absolute atomic E-state index is 10.5. The lowest BCUT2D eigenvalue weighted by Crippen LogP contribution is -2.41. The van der Waals surface area contributed by atoms with Gasteiger partial charge < -0.3 is 24.0 Å². The largest absolute Gasteiger partial charge is 0.465 e. The van der Waals surface area contributed by atoms with Crippen molar-refractivity contribution >= 4 is 28.0 Å². The van der Waals surface area contributed by atoms with Gasteiger partial charge in [-0.25, -0.2) is 9.55 Å². The fraction of sp³-hybridized carbons (Fsp3) is 0.571. The number of hydrogen-bond acceptors (Lipinski definition) is 9. The Kier molecular flexibility index (Phi) is 6.90. The van der Waals surface area contributed by atoms with Gasteiger partial charge in [-0.05, 0) is 64.8 Å². The summed E-state index contributed by atoms with van der Waals surface area (Å²) in [7, 11) is 2.03. The Morgan fingerprint density at radius 2 is 1.77 bits per heavy atom. The van der Waals surface area contributed by atoms with Crippen molar-refractivity contribution in [3.05, 3.63) is 30.1 Å². The molecule has 0 unspecified atom stereocenters. The van der Waals surface area contributed by atoms with Crippen molar-refractivity contribution in [3.63, 3.8) is 0 Å². The second kappa shape index (κ2) is 10.4. The van der Waals surface area contributed by atoms with Crippen LogP contribution in [-0.4, -0.2) is 90.7 Å². The van der Waals surface area contributed by atoms with E-state index in [1.807, 2.05) is 56.7 Å². The molecule has 2 aliphatic heterocycles. The van der Waals surface area contributed by atoms with E-state index in [0.29, 0.717) is 37.7 Å². The van der Waals surface area contributed by atoms with Crippen LogP contribution in [0.25, 0.3) is 28.1 Å². The molecular weight excluding hydrogens is 496 g/mol. The molecule has 4 aromatic rings. The summed E-state index contributed by atoms with van der Waals surface area (Å²) in [4.78, 5) is 24.6. The highest BCUT2D eigenvalue weighted by molar-refractivity contribution is 5.86. The predicted molar refractivity (Wildman–Crippen MR) is 149 cm³/mol. The minimum absolute atomic E-state index is 0.320. The fourth-order valence-corrected chi connectivity index (χ4v) is 5.74. The quantitative estimate of drug-likeness (QED) is 0.383. The fourth-order valence-electron chi connectivity index (χ4n) is 5.74. The van der Waals surface area contributed by atoms with E-state index in [0.717, 1.165) is 79.4 Å². The van der Waals surface area contributed by atoms with Gasteiger partial charge in [0.25, 0.3) is 0 Å². The minimum atomic E-state index is -0.638. The molecule has 3 aromatic heterocycles. The van der Waals surface area contributed by atoms with E-state index in [1.54, 1.807) is 0 Å². The van der Waals surface area contributed by atoms with Crippen LogP contribution in [0.4, 0.5) is 5.82 Å². The predicted octanol–water partition coefficient (Wildman–Crippen LogP) is 2.92. The smallest absolute Gasteiger partial charge is 0.304 e. The Hall–Kier alpha value is -3.28. The van der Waals surface area contributed by atoms with Gasteiger partial charge in [0.05, 0.1) is 43.0 Å². The first-order chi connectivity index (χ1) is 18.8. The topological polar surface area (TPSA) is 107 Å². The van der Waals surface area contributed by atoms with Crippen LogP contribution in [0.15, 0.2) is 24.3 Å². The van der Waals surface area contributed by atoms with Crippen LogP contribution in [0, 0.1) is 5.92 Å². The van der Waals surface area contributed by atoms with E-state index in [-0.39, 0.29) is 0 Å². The number of fused-ring (bicyclic) bond motifs is 2. The molecule has 1 aromatic carbocycles. The van der Waals surface area contributed by atoms with Crippen molar-refractivity contribution in [1.82, 2.24) is 34.0 Å². The number of imidazole rings is 2. The maximum atomic E-state index is 10.5. The van der Waals surface area contributed by atoms with Crippen LogP contribution >= 0.6 is 0 Å². The summed E-state index contributed by atoms with van der Waals surface area (Å²) in [5.74, 6) is 2.59. The lowest BCUT2D eigenvalue weighted by molar-refractivity contribution is -0.0139. The number of aryl methyl sites for hydroxylation is 1. The Labute approximate surface area is 228 Å². The third-order valence-corrected chi connectivity index (χ3v) is 8.05. The van der Waals surface area contributed by atoms with Crippen LogP contribution in [0.1, 0.15) is 39.4 Å². The number of benzene rings is 1. The number of hydrogen-bond donors (Lipinski definition) is 1. The molecule has 0 spiro atoms. The summed E-state index contributed by atoms with van der Waals surface area (Å²) < 4.78 is 15.6. The first kappa shape index (κ1) is 26.0. The average Bonchev–Trinajstić information content (AvgIpc) is 3.45. The number of aliphatic hydroxyl groups is 1. The second-order valence-electron chi connectivity index (χ2n) is 11.1. The molecule has 11 heteroatoms. The molecule has 0 aliphatic carbocycles. The van der Waals surface area contributed by atoms with Gasteiger partial charge in [-0.3, -0.25) is 4.90 Å². The summed E-state index contributed by atoms with van der Waals surface area (Å²) in [6, 6.07) is 8.41. The van der Waals surface area contributed by atoms with Crippen molar-refractivity contribution in [1.29, 1.82) is 0 Å². The maximum Gasteiger partial charge on any atom is 0.304 e. The minimum Gasteiger partial charge on any atom is -0.465 e. The standard InChI is InChI=1S/C28H38N8O3/c1-5-39-27-29-20-8-6-7-9-21(20)36(27)26-31-24-23(25(32-26)35-14-16-38-17-15-35)30-22(33(24)4)18-34-12-10-19(11-13-34)28(2,3)37/h6-9,19,37H,5,10-18H2,1-4H3.